The third kappa shape index (κ3) is 5.92. The van der Waals surface area contributed by atoms with E-state index in [1.165, 1.54) is 25.3 Å². The molecule has 1 heterocycles. The number of halogens is 1. The second kappa shape index (κ2) is 8.83. The Kier molecular flexibility index (Phi) is 6.52. The van der Waals surface area contributed by atoms with Gasteiger partial charge in [0.2, 0.25) is 5.91 Å². The molecule has 8 nitrogen and oxygen atoms in total. The highest BCUT2D eigenvalue weighted by molar-refractivity contribution is 7.99. The third-order valence-corrected chi connectivity index (χ3v) is 3.69. The first-order valence-electron chi connectivity index (χ1n) is 7.09. The number of nitrogens with zero attached hydrogens (tertiary/aromatic N) is 2. The average Bonchev–Trinajstić information content (AvgIpc) is 3.04. The molecule has 0 saturated carbocycles. The molecule has 25 heavy (non-hydrogen) atoms. The van der Waals surface area contributed by atoms with Gasteiger partial charge in [-0.15, -0.1) is 0 Å². The first kappa shape index (κ1) is 18.5. The van der Waals surface area contributed by atoms with E-state index in [1.807, 2.05) is 0 Å². The summed E-state index contributed by atoms with van der Waals surface area (Å²) in [4.78, 5) is 37.7. The van der Waals surface area contributed by atoms with Crippen molar-refractivity contribution in [2.75, 3.05) is 12.4 Å². The Balaban J connectivity index is 1.84. The van der Waals surface area contributed by atoms with E-state index >= 15 is 0 Å². The highest BCUT2D eigenvalue weighted by Gasteiger charge is 2.12. The molecular weight excluding hydrogens is 351 g/mol. The number of hydrogen-bond acceptors (Lipinski definition) is 6. The van der Waals surface area contributed by atoms with Gasteiger partial charge in [-0.3, -0.25) is 29.8 Å². The van der Waals surface area contributed by atoms with E-state index in [1.54, 1.807) is 22.9 Å². The van der Waals surface area contributed by atoms with Gasteiger partial charge >= 0.3 is 5.97 Å². The van der Waals surface area contributed by atoms with Crippen LogP contribution >= 0.6 is 11.8 Å². The second-order valence-corrected chi connectivity index (χ2v) is 5.68. The zero-order valence-corrected chi connectivity index (χ0v) is 14.0. The molecule has 2 amide bonds. The maximum absolute atomic E-state index is 13.3. The van der Waals surface area contributed by atoms with Crippen LogP contribution < -0.4 is 10.9 Å². The zero-order chi connectivity index (χ0) is 18.2. The van der Waals surface area contributed by atoms with Gasteiger partial charge < -0.3 is 4.74 Å². The van der Waals surface area contributed by atoms with Crippen molar-refractivity contribution in [2.45, 2.75) is 12.1 Å². The Morgan fingerprint density at radius 1 is 1.32 bits per heavy atom. The molecule has 0 fully saturated rings. The summed E-state index contributed by atoms with van der Waals surface area (Å²) in [6.07, 6.45) is 3.17. The molecule has 0 saturated heterocycles. The molecule has 0 aliphatic rings. The molecule has 0 spiro atoms. The minimum absolute atomic E-state index is 0.0836. The van der Waals surface area contributed by atoms with Crippen LogP contribution in [0, 0.1) is 5.82 Å². The maximum atomic E-state index is 13.3. The molecule has 2 N–H and O–H groups in total. The van der Waals surface area contributed by atoms with E-state index in [2.05, 4.69) is 15.8 Å². The van der Waals surface area contributed by atoms with Crippen molar-refractivity contribution in [3.05, 3.63) is 42.5 Å². The number of hydrazine groups is 1. The summed E-state index contributed by atoms with van der Waals surface area (Å²) in [5.74, 6) is -2.20. The predicted octanol–water partition coefficient (Wildman–Crippen LogP) is 0.814. The molecule has 2 aromatic rings. The summed E-state index contributed by atoms with van der Waals surface area (Å²) in [6.45, 7) is 0.710. The van der Waals surface area contributed by atoms with Crippen LogP contribution in [0.25, 0.3) is 5.69 Å². The number of carbonyl (C=O) groups excluding carboxylic acids is 3. The largest absolute Gasteiger partial charge is 0.455 e. The number of aromatic nitrogens is 2. The molecule has 0 atom stereocenters. The van der Waals surface area contributed by atoms with Gasteiger partial charge in [-0.05, 0) is 18.2 Å². The van der Waals surface area contributed by atoms with Gasteiger partial charge in [0.15, 0.2) is 11.8 Å². The van der Waals surface area contributed by atoms with Crippen molar-refractivity contribution in [3.63, 3.8) is 0 Å². The first-order valence-corrected chi connectivity index (χ1v) is 8.07. The molecular formula is C15H15FN4O4S. The van der Waals surface area contributed by atoms with E-state index in [-0.39, 0.29) is 11.6 Å². The molecule has 10 heteroatoms. The van der Waals surface area contributed by atoms with Gasteiger partial charge in [-0.1, -0.05) is 17.8 Å². The number of carbonyl (C=O) groups is 3. The Morgan fingerprint density at radius 2 is 2.12 bits per heavy atom. The third-order valence-electron chi connectivity index (χ3n) is 2.75. The summed E-state index contributed by atoms with van der Waals surface area (Å²) in [5, 5.41) is 0.477. The number of hydrogen-bond donors (Lipinski definition) is 2. The first-order chi connectivity index (χ1) is 12.0. The summed E-state index contributed by atoms with van der Waals surface area (Å²) in [5.41, 5.74) is 4.72. The monoisotopic (exact) mass is 366 g/mol. The molecule has 0 aliphatic heterocycles. The number of esters is 1. The summed E-state index contributed by atoms with van der Waals surface area (Å²) < 4.78 is 19.7. The van der Waals surface area contributed by atoms with E-state index in [0.29, 0.717) is 10.8 Å². The number of nitrogens with one attached hydrogen (secondary N) is 2. The van der Waals surface area contributed by atoms with Crippen molar-refractivity contribution in [1.29, 1.82) is 0 Å². The van der Waals surface area contributed by atoms with E-state index < -0.39 is 24.4 Å². The van der Waals surface area contributed by atoms with Crippen LogP contribution in [0.1, 0.15) is 6.92 Å². The highest BCUT2D eigenvalue weighted by atomic mass is 32.2. The highest BCUT2D eigenvalue weighted by Crippen LogP contribution is 2.20. The van der Waals surface area contributed by atoms with Crippen molar-refractivity contribution >= 4 is 29.5 Å². The standard InChI is InChI=1S/C15H15FN4O4S/c1-10(21)18-19-13(22)8-24-14(23)9-25-15-17-5-6-20(15)12-4-2-3-11(16)7-12/h2-7H,8-9H2,1H3,(H,18,21)(H,19,22). The van der Waals surface area contributed by atoms with Gasteiger partial charge in [-0.2, -0.15) is 0 Å². The minimum atomic E-state index is -0.658. The van der Waals surface area contributed by atoms with Gasteiger partial charge in [0.25, 0.3) is 5.91 Å². The fourth-order valence-corrected chi connectivity index (χ4v) is 2.50. The van der Waals surface area contributed by atoms with Crippen LogP contribution in [0.4, 0.5) is 4.39 Å². The van der Waals surface area contributed by atoms with Crippen LogP contribution in [-0.2, 0) is 19.1 Å². The molecule has 1 aromatic heterocycles. The van der Waals surface area contributed by atoms with Gasteiger partial charge in [0, 0.05) is 19.3 Å². The number of rotatable bonds is 6. The Hall–Kier alpha value is -2.88. The minimum Gasteiger partial charge on any atom is -0.455 e. The molecule has 132 valence electrons. The summed E-state index contributed by atoms with van der Waals surface area (Å²) in [7, 11) is 0. The van der Waals surface area contributed by atoms with Gasteiger partial charge in [0.1, 0.15) is 5.82 Å². The molecule has 0 aliphatic carbocycles. The van der Waals surface area contributed by atoms with Crippen molar-refractivity contribution in [3.8, 4) is 5.69 Å². The molecule has 0 radical (unpaired) electrons. The molecule has 0 bridgehead atoms. The van der Waals surface area contributed by atoms with Crippen molar-refractivity contribution < 1.29 is 23.5 Å². The van der Waals surface area contributed by atoms with Gasteiger partial charge in [0.05, 0.1) is 11.4 Å². The molecule has 1 aromatic carbocycles. The average molecular weight is 366 g/mol. The summed E-state index contributed by atoms with van der Waals surface area (Å²) >= 11 is 1.09. The van der Waals surface area contributed by atoms with E-state index in [9.17, 15) is 18.8 Å². The quantitative estimate of drug-likeness (QED) is 0.446. The van der Waals surface area contributed by atoms with Crippen LogP contribution in [0.15, 0.2) is 41.8 Å². The van der Waals surface area contributed by atoms with E-state index in [4.69, 9.17) is 4.74 Å². The number of ether oxygens (including phenoxy) is 1. The second-order valence-electron chi connectivity index (χ2n) is 4.74. The van der Waals surface area contributed by atoms with Crippen LogP contribution in [0.3, 0.4) is 0 Å². The fraction of sp³-hybridized carbons (Fsp3) is 0.200. The topological polar surface area (TPSA) is 102 Å². The van der Waals surface area contributed by atoms with Crippen LogP contribution in [0.2, 0.25) is 0 Å². The maximum Gasteiger partial charge on any atom is 0.316 e. The zero-order valence-electron chi connectivity index (χ0n) is 13.2. The summed E-state index contributed by atoms with van der Waals surface area (Å²) in [6, 6.07) is 5.95. The fourth-order valence-electron chi connectivity index (χ4n) is 1.72. The lowest BCUT2D eigenvalue weighted by Crippen LogP contribution is -2.42. The lowest BCUT2D eigenvalue weighted by Gasteiger charge is -2.08. The van der Waals surface area contributed by atoms with Crippen LogP contribution in [0.5, 0.6) is 0 Å². The van der Waals surface area contributed by atoms with E-state index in [0.717, 1.165) is 11.8 Å². The lowest BCUT2D eigenvalue weighted by molar-refractivity contribution is -0.146. The number of amides is 2. The SMILES string of the molecule is CC(=O)NNC(=O)COC(=O)CSc1nccn1-c1cccc(F)c1. The van der Waals surface area contributed by atoms with Crippen molar-refractivity contribution in [2.24, 2.45) is 0 Å². The van der Waals surface area contributed by atoms with Crippen molar-refractivity contribution in [1.82, 2.24) is 20.4 Å². The Bertz CT molecular complexity index is 780. The Morgan fingerprint density at radius 3 is 2.84 bits per heavy atom. The number of imidazole rings is 1. The predicted molar refractivity (Wildman–Crippen MR) is 87.2 cm³/mol. The molecule has 2 rings (SSSR count). The molecule has 0 unspecified atom stereocenters. The smallest absolute Gasteiger partial charge is 0.316 e. The number of benzene rings is 1. The van der Waals surface area contributed by atoms with Crippen LogP contribution in [-0.4, -0.2) is 39.7 Å². The van der Waals surface area contributed by atoms with Gasteiger partial charge in [-0.25, -0.2) is 9.37 Å². The number of thioether (sulfide) groups is 1. The lowest BCUT2D eigenvalue weighted by atomic mass is 10.3. The Labute approximate surface area is 146 Å². The normalized spacial score (nSPS) is 10.2.